The van der Waals surface area contributed by atoms with E-state index in [2.05, 4.69) is 19.9 Å². The maximum absolute atomic E-state index is 11.9. The Morgan fingerprint density at radius 2 is 1.95 bits per heavy atom. The first kappa shape index (κ1) is 13.6. The van der Waals surface area contributed by atoms with Crippen molar-refractivity contribution in [2.45, 2.75) is 45.8 Å². The molecule has 1 aromatic rings. The van der Waals surface area contributed by atoms with Crippen LogP contribution >= 0.6 is 0 Å². The van der Waals surface area contributed by atoms with Crippen molar-refractivity contribution in [2.24, 2.45) is 11.3 Å². The Hall–Kier alpha value is -1.35. The largest absolute Gasteiger partial charge is 0.487 e. The second-order valence-corrected chi connectivity index (χ2v) is 6.90. The van der Waals surface area contributed by atoms with Crippen molar-refractivity contribution in [3.05, 3.63) is 29.8 Å². The minimum absolute atomic E-state index is 0.0300. The smallest absolute Gasteiger partial charge is 0.138 e. The summed E-state index contributed by atoms with van der Waals surface area (Å²) in [6, 6.07) is 8.06. The monoisotopic (exact) mass is 274 g/mol. The SMILES string of the molecule is CC(=O)[C@]1(C)CO[C@@H]2c3ccccc3OC(C)(C)[C@H]2C1. The molecule has 3 rings (SSSR count). The summed E-state index contributed by atoms with van der Waals surface area (Å²) in [6.07, 6.45) is 0.844. The molecule has 0 amide bonds. The molecule has 2 heterocycles. The summed E-state index contributed by atoms with van der Waals surface area (Å²) < 4.78 is 12.3. The minimum Gasteiger partial charge on any atom is -0.487 e. The molecule has 3 nitrogen and oxygen atoms in total. The van der Waals surface area contributed by atoms with Gasteiger partial charge in [-0.3, -0.25) is 4.79 Å². The highest BCUT2D eigenvalue weighted by Gasteiger charge is 2.51. The molecule has 0 radical (unpaired) electrons. The van der Waals surface area contributed by atoms with Gasteiger partial charge in [0.2, 0.25) is 0 Å². The number of rotatable bonds is 1. The van der Waals surface area contributed by atoms with E-state index in [1.165, 1.54) is 0 Å². The molecule has 1 fully saturated rings. The van der Waals surface area contributed by atoms with Gasteiger partial charge < -0.3 is 9.47 Å². The Morgan fingerprint density at radius 3 is 2.65 bits per heavy atom. The number of carbonyl (C=O) groups excluding carboxylic acids is 1. The zero-order valence-electron chi connectivity index (χ0n) is 12.6. The molecule has 0 bridgehead atoms. The van der Waals surface area contributed by atoms with Crippen LogP contribution < -0.4 is 4.74 Å². The van der Waals surface area contributed by atoms with Gasteiger partial charge in [-0.25, -0.2) is 0 Å². The van der Waals surface area contributed by atoms with Gasteiger partial charge in [-0.2, -0.15) is 0 Å². The topological polar surface area (TPSA) is 35.5 Å². The summed E-state index contributed by atoms with van der Waals surface area (Å²) in [7, 11) is 0. The zero-order chi connectivity index (χ0) is 14.5. The summed E-state index contributed by atoms with van der Waals surface area (Å²) in [5, 5.41) is 0. The van der Waals surface area contributed by atoms with E-state index in [0.29, 0.717) is 6.61 Å². The third kappa shape index (κ3) is 1.96. The van der Waals surface area contributed by atoms with E-state index in [-0.39, 0.29) is 23.4 Å². The molecule has 3 atom stereocenters. The van der Waals surface area contributed by atoms with Gasteiger partial charge >= 0.3 is 0 Å². The van der Waals surface area contributed by atoms with E-state index in [9.17, 15) is 4.79 Å². The lowest BCUT2D eigenvalue weighted by molar-refractivity contribution is -0.169. The summed E-state index contributed by atoms with van der Waals surface area (Å²) >= 11 is 0. The van der Waals surface area contributed by atoms with Crippen LogP contribution in [0.15, 0.2) is 24.3 Å². The first-order valence-corrected chi connectivity index (χ1v) is 7.24. The van der Waals surface area contributed by atoms with Crippen LogP contribution in [0, 0.1) is 11.3 Å². The fourth-order valence-electron chi connectivity index (χ4n) is 3.37. The summed E-state index contributed by atoms with van der Waals surface area (Å²) in [5.41, 5.74) is 0.395. The van der Waals surface area contributed by atoms with Crippen molar-refractivity contribution in [1.29, 1.82) is 0 Å². The Bertz CT molecular complexity index is 549. The van der Waals surface area contributed by atoms with Crippen LogP contribution in [0.25, 0.3) is 0 Å². The molecular formula is C17H22O3. The quantitative estimate of drug-likeness (QED) is 0.786. The molecule has 0 aromatic heterocycles. The molecule has 0 N–H and O–H groups in total. The summed E-state index contributed by atoms with van der Waals surface area (Å²) in [5.74, 6) is 1.30. The molecule has 3 heteroatoms. The average molecular weight is 274 g/mol. The van der Waals surface area contributed by atoms with E-state index in [1.807, 2.05) is 25.1 Å². The lowest BCUT2D eigenvalue weighted by Crippen LogP contribution is -2.52. The predicted molar refractivity (Wildman–Crippen MR) is 76.7 cm³/mol. The van der Waals surface area contributed by atoms with Crippen LogP contribution in [-0.4, -0.2) is 18.0 Å². The Balaban J connectivity index is 2.01. The molecule has 0 unspecified atom stereocenters. The number of hydrogen-bond donors (Lipinski definition) is 0. The summed E-state index contributed by atoms with van der Waals surface area (Å²) in [4.78, 5) is 11.9. The van der Waals surface area contributed by atoms with Gasteiger partial charge in [0.05, 0.1) is 12.7 Å². The average Bonchev–Trinajstić information content (AvgIpc) is 2.38. The highest BCUT2D eigenvalue weighted by Crippen LogP contribution is 2.53. The fraction of sp³-hybridized carbons (Fsp3) is 0.588. The highest BCUT2D eigenvalue weighted by atomic mass is 16.5. The number of ketones is 1. The van der Waals surface area contributed by atoms with Crippen LogP contribution in [0.3, 0.4) is 0 Å². The Labute approximate surface area is 120 Å². The lowest BCUT2D eigenvalue weighted by Gasteiger charge is -2.51. The molecule has 1 aromatic carbocycles. The first-order valence-electron chi connectivity index (χ1n) is 7.24. The Morgan fingerprint density at radius 1 is 1.25 bits per heavy atom. The van der Waals surface area contributed by atoms with Gasteiger partial charge in [0, 0.05) is 16.9 Å². The zero-order valence-corrected chi connectivity index (χ0v) is 12.6. The maximum atomic E-state index is 11.9. The first-order chi connectivity index (χ1) is 9.33. The van der Waals surface area contributed by atoms with Gasteiger partial charge in [-0.05, 0) is 33.3 Å². The number of ether oxygens (including phenoxy) is 2. The molecule has 2 aliphatic rings. The van der Waals surface area contributed by atoms with Gasteiger partial charge in [0.25, 0.3) is 0 Å². The Kier molecular flexibility index (Phi) is 2.94. The molecule has 0 saturated carbocycles. The van der Waals surface area contributed by atoms with Crippen LogP contribution in [0.1, 0.15) is 45.8 Å². The predicted octanol–water partition coefficient (Wildman–Crippen LogP) is 3.53. The number of Topliss-reactive ketones (excluding diaryl/α,β-unsaturated/α-hetero) is 1. The van der Waals surface area contributed by atoms with Gasteiger partial charge in [0.15, 0.2) is 0 Å². The van der Waals surface area contributed by atoms with E-state index in [1.54, 1.807) is 6.92 Å². The molecule has 2 aliphatic heterocycles. The molecule has 108 valence electrons. The van der Waals surface area contributed by atoms with Gasteiger partial charge in [0.1, 0.15) is 17.1 Å². The van der Waals surface area contributed by atoms with Crippen molar-refractivity contribution in [3.63, 3.8) is 0 Å². The summed E-state index contributed by atoms with van der Waals surface area (Å²) in [6.45, 7) is 8.34. The molecule has 20 heavy (non-hydrogen) atoms. The van der Waals surface area contributed by atoms with E-state index < -0.39 is 5.41 Å². The van der Waals surface area contributed by atoms with E-state index in [4.69, 9.17) is 9.47 Å². The van der Waals surface area contributed by atoms with Crippen molar-refractivity contribution < 1.29 is 14.3 Å². The maximum Gasteiger partial charge on any atom is 0.138 e. The third-order valence-electron chi connectivity index (χ3n) is 4.96. The molecule has 0 aliphatic carbocycles. The van der Waals surface area contributed by atoms with Crippen molar-refractivity contribution in [3.8, 4) is 5.75 Å². The van der Waals surface area contributed by atoms with Crippen LogP contribution in [0.5, 0.6) is 5.75 Å². The van der Waals surface area contributed by atoms with E-state index >= 15 is 0 Å². The lowest BCUT2D eigenvalue weighted by atomic mass is 9.67. The van der Waals surface area contributed by atoms with Crippen molar-refractivity contribution in [2.75, 3.05) is 6.61 Å². The minimum atomic E-state index is -0.395. The fourth-order valence-corrected chi connectivity index (χ4v) is 3.37. The third-order valence-corrected chi connectivity index (χ3v) is 4.96. The van der Waals surface area contributed by atoms with Crippen molar-refractivity contribution >= 4 is 5.78 Å². The number of para-hydroxylation sites is 1. The van der Waals surface area contributed by atoms with Gasteiger partial charge in [-0.1, -0.05) is 25.1 Å². The number of fused-ring (bicyclic) bond motifs is 3. The van der Waals surface area contributed by atoms with Crippen LogP contribution in [0.2, 0.25) is 0 Å². The van der Waals surface area contributed by atoms with Crippen molar-refractivity contribution in [1.82, 2.24) is 0 Å². The normalized spacial score (nSPS) is 34.6. The van der Waals surface area contributed by atoms with E-state index in [0.717, 1.165) is 17.7 Å². The molecule has 0 spiro atoms. The van der Waals surface area contributed by atoms with Crippen LogP contribution in [-0.2, 0) is 9.53 Å². The second-order valence-electron chi connectivity index (χ2n) is 6.90. The van der Waals surface area contributed by atoms with Gasteiger partial charge in [-0.15, -0.1) is 0 Å². The standard InChI is InChI=1S/C17H22O3/c1-11(18)17(4)9-13-15(19-10-17)12-7-5-6-8-14(12)20-16(13,2)3/h5-8,13,15H,9-10H2,1-4H3/t13-,15+,17-/m0/s1. The molecule has 1 saturated heterocycles. The molecular weight excluding hydrogens is 252 g/mol. The highest BCUT2D eigenvalue weighted by molar-refractivity contribution is 5.82. The number of hydrogen-bond acceptors (Lipinski definition) is 3. The number of benzene rings is 1. The van der Waals surface area contributed by atoms with Crippen LogP contribution in [0.4, 0.5) is 0 Å². The number of carbonyl (C=O) groups is 1. The second kappa shape index (κ2) is 4.32.